The third kappa shape index (κ3) is 4.15. The molecule has 0 spiro atoms. The van der Waals surface area contributed by atoms with Crippen molar-refractivity contribution in [1.82, 2.24) is 14.5 Å². The van der Waals surface area contributed by atoms with Gasteiger partial charge in [-0.25, -0.2) is 4.79 Å². The van der Waals surface area contributed by atoms with Gasteiger partial charge in [-0.15, -0.1) is 0 Å². The molecule has 0 bridgehead atoms. The van der Waals surface area contributed by atoms with E-state index in [-0.39, 0.29) is 11.7 Å². The quantitative estimate of drug-likeness (QED) is 0.631. The van der Waals surface area contributed by atoms with Gasteiger partial charge in [0, 0.05) is 35.7 Å². The zero-order valence-corrected chi connectivity index (χ0v) is 18.7. The van der Waals surface area contributed by atoms with Gasteiger partial charge < -0.3 is 14.5 Å². The van der Waals surface area contributed by atoms with Crippen LogP contribution in [0.5, 0.6) is 0 Å². The minimum atomic E-state index is -0.523. The Labute approximate surface area is 190 Å². The Bertz CT molecular complexity index is 1130. The largest absolute Gasteiger partial charge is 0.376 e. The SMILES string of the molecule is O=c1[nH]c2cc(Cl)ccc2n1C1CCN(CC2(c3cccc(Cl)c3)COCCO2)CC1. The summed E-state index contributed by atoms with van der Waals surface area (Å²) in [5.41, 5.74) is 2.14. The molecule has 3 aromatic rings. The Hall–Kier alpha value is -1.83. The standard InChI is InChI=1S/C23H25Cl2N3O3/c24-17-3-1-2-16(12-17)23(15-30-10-11-31-23)14-27-8-6-19(7-9-27)28-21-5-4-18(25)13-20(21)26-22(28)29/h1-5,12-13,19H,6-11,14-15H2,(H,26,29). The number of benzene rings is 2. The molecule has 1 aromatic heterocycles. The van der Waals surface area contributed by atoms with Gasteiger partial charge in [-0.05, 0) is 48.7 Å². The highest BCUT2D eigenvalue weighted by atomic mass is 35.5. The summed E-state index contributed by atoms with van der Waals surface area (Å²) in [6.07, 6.45) is 1.78. The number of imidazole rings is 1. The first kappa shape index (κ1) is 21.0. The van der Waals surface area contributed by atoms with Crippen molar-refractivity contribution in [2.24, 2.45) is 0 Å². The van der Waals surface area contributed by atoms with Crippen molar-refractivity contribution >= 4 is 34.2 Å². The summed E-state index contributed by atoms with van der Waals surface area (Å²) in [4.78, 5) is 18.0. The first-order valence-electron chi connectivity index (χ1n) is 10.6. The maximum absolute atomic E-state index is 12.6. The van der Waals surface area contributed by atoms with E-state index in [0.29, 0.717) is 29.9 Å². The highest BCUT2D eigenvalue weighted by molar-refractivity contribution is 6.31. The smallest absolute Gasteiger partial charge is 0.326 e. The van der Waals surface area contributed by atoms with E-state index in [9.17, 15) is 4.79 Å². The van der Waals surface area contributed by atoms with Crippen LogP contribution in [0.1, 0.15) is 24.4 Å². The minimum absolute atomic E-state index is 0.0740. The summed E-state index contributed by atoms with van der Waals surface area (Å²) >= 11 is 12.3. The molecule has 3 heterocycles. The van der Waals surface area contributed by atoms with Gasteiger partial charge in [0.05, 0.1) is 30.9 Å². The number of hydrogen-bond donors (Lipinski definition) is 1. The lowest BCUT2D eigenvalue weighted by Crippen LogP contribution is -2.51. The van der Waals surface area contributed by atoms with E-state index in [1.807, 2.05) is 34.9 Å². The predicted molar refractivity (Wildman–Crippen MR) is 122 cm³/mol. The summed E-state index contributed by atoms with van der Waals surface area (Å²) in [5, 5.41) is 1.32. The number of piperidine rings is 1. The molecular weight excluding hydrogens is 437 g/mol. The fraction of sp³-hybridized carbons (Fsp3) is 0.435. The molecule has 2 aliphatic heterocycles. The number of halogens is 2. The number of aromatic nitrogens is 2. The van der Waals surface area contributed by atoms with Crippen LogP contribution in [-0.2, 0) is 15.1 Å². The number of fused-ring (bicyclic) bond motifs is 1. The van der Waals surface area contributed by atoms with Crippen molar-refractivity contribution in [3.05, 3.63) is 68.6 Å². The van der Waals surface area contributed by atoms with Crippen LogP contribution in [0.2, 0.25) is 10.0 Å². The monoisotopic (exact) mass is 461 g/mol. The number of likely N-dealkylation sites (tertiary alicyclic amines) is 1. The van der Waals surface area contributed by atoms with Gasteiger partial charge in [0.15, 0.2) is 0 Å². The normalized spacial score (nSPS) is 23.4. The molecule has 31 heavy (non-hydrogen) atoms. The number of nitrogens with zero attached hydrogens (tertiary/aromatic N) is 2. The van der Waals surface area contributed by atoms with Crippen LogP contribution in [0.3, 0.4) is 0 Å². The van der Waals surface area contributed by atoms with Crippen molar-refractivity contribution in [2.75, 3.05) is 39.5 Å². The highest BCUT2D eigenvalue weighted by Gasteiger charge is 2.39. The van der Waals surface area contributed by atoms with Crippen molar-refractivity contribution < 1.29 is 9.47 Å². The van der Waals surface area contributed by atoms with E-state index in [4.69, 9.17) is 32.7 Å². The number of aromatic amines is 1. The maximum Gasteiger partial charge on any atom is 0.326 e. The molecule has 1 atom stereocenters. The Kier molecular flexibility index (Phi) is 5.84. The molecular formula is C23H25Cl2N3O3. The predicted octanol–water partition coefficient (Wildman–Crippen LogP) is 4.22. The van der Waals surface area contributed by atoms with E-state index >= 15 is 0 Å². The summed E-state index contributed by atoms with van der Waals surface area (Å²) in [6, 6.07) is 13.6. The van der Waals surface area contributed by atoms with E-state index < -0.39 is 5.60 Å². The van der Waals surface area contributed by atoms with Gasteiger partial charge in [-0.1, -0.05) is 35.3 Å². The van der Waals surface area contributed by atoms with E-state index in [2.05, 4.69) is 16.0 Å². The molecule has 5 rings (SSSR count). The van der Waals surface area contributed by atoms with Crippen LogP contribution in [0.4, 0.5) is 0 Å². The second-order valence-corrected chi connectivity index (χ2v) is 9.25. The van der Waals surface area contributed by atoms with Crippen LogP contribution in [0.15, 0.2) is 47.3 Å². The molecule has 0 saturated carbocycles. The molecule has 1 unspecified atom stereocenters. The summed E-state index contributed by atoms with van der Waals surface area (Å²) in [7, 11) is 0. The topological polar surface area (TPSA) is 59.5 Å². The van der Waals surface area contributed by atoms with E-state index in [0.717, 1.165) is 49.1 Å². The molecule has 2 fully saturated rings. The Morgan fingerprint density at radius 3 is 2.61 bits per heavy atom. The molecule has 0 radical (unpaired) electrons. The average molecular weight is 462 g/mol. The van der Waals surface area contributed by atoms with Gasteiger partial charge in [0.2, 0.25) is 0 Å². The summed E-state index contributed by atoms with van der Waals surface area (Å²) < 4.78 is 14.0. The maximum atomic E-state index is 12.6. The zero-order chi connectivity index (χ0) is 21.4. The van der Waals surface area contributed by atoms with E-state index in [1.54, 1.807) is 6.07 Å². The third-order valence-electron chi connectivity index (χ3n) is 6.37. The van der Waals surface area contributed by atoms with Crippen molar-refractivity contribution in [3.63, 3.8) is 0 Å². The fourth-order valence-electron chi connectivity index (χ4n) is 4.86. The average Bonchev–Trinajstić information content (AvgIpc) is 3.10. The molecule has 0 aliphatic carbocycles. The van der Waals surface area contributed by atoms with Crippen LogP contribution < -0.4 is 5.69 Å². The van der Waals surface area contributed by atoms with Crippen LogP contribution >= 0.6 is 23.2 Å². The van der Waals surface area contributed by atoms with Crippen molar-refractivity contribution in [2.45, 2.75) is 24.5 Å². The molecule has 6 nitrogen and oxygen atoms in total. The lowest BCUT2D eigenvalue weighted by atomic mass is 9.91. The molecule has 1 N–H and O–H groups in total. The van der Waals surface area contributed by atoms with E-state index in [1.165, 1.54) is 0 Å². The Morgan fingerprint density at radius 1 is 1.06 bits per heavy atom. The first-order valence-corrected chi connectivity index (χ1v) is 11.4. The number of rotatable bonds is 4. The van der Waals surface area contributed by atoms with Crippen LogP contribution in [0, 0.1) is 0 Å². The van der Waals surface area contributed by atoms with Crippen molar-refractivity contribution in [1.29, 1.82) is 0 Å². The van der Waals surface area contributed by atoms with Gasteiger partial charge >= 0.3 is 5.69 Å². The lowest BCUT2D eigenvalue weighted by Gasteiger charge is -2.43. The van der Waals surface area contributed by atoms with Crippen LogP contribution in [0.25, 0.3) is 11.0 Å². The second-order valence-electron chi connectivity index (χ2n) is 8.37. The third-order valence-corrected chi connectivity index (χ3v) is 6.84. The summed E-state index contributed by atoms with van der Waals surface area (Å²) in [6.45, 7) is 4.18. The highest BCUT2D eigenvalue weighted by Crippen LogP contribution is 2.34. The first-order chi connectivity index (χ1) is 15.0. The van der Waals surface area contributed by atoms with Crippen LogP contribution in [-0.4, -0.2) is 53.9 Å². The molecule has 2 aliphatic rings. The van der Waals surface area contributed by atoms with Gasteiger partial charge in [0.1, 0.15) is 5.60 Å². The van der Waals surface area contributed by atoms with Gasteiger partial charge in [-0.2, -0.15) is 0 Å². The molecule has 2 saturated heterocycles. The fourth-order valence-corrected chi connectivity index (χ4v) is 5.22. The number of nitrogens with one attached hydrogen (secondary N) is 1. The number of hydrogen-bond acceptors (Lipinski definition) is 4. The minimum Gasteiger partial charge on any atom is -0.376 e. The molecule has 8 heteroatoms. The van der Waals surface area contributed by atoms with Gasteiger partial charge in [0.25, 0.3) is 0 Å². The Balaban J connectivity index is 1.33. The molecule has 2 aromatic carbocycles. The lowest BCUT2D eigenvalue weighted by molar-refractivity contribution is -0.173. The van der Waals surface area contributed by atoms with Crippen molar-refractivity contribution in [3.8, 4) is 0 Å². The number of ether oxygens (including phenoxy) is 2. The molecule has 0 amide bonds. The zero-order valence-electron chi connectivity index (χ0n) is 17.2. The van der Waals surface area contributed by atoms with Gasteiger partial charge in [-0.3, -0.25) is 9.47 Å². The summed E-state index contributed by atoms with van der Waals surface area (Å²) in [5.74, 6) is 0. The number of H-pyrrole nitrogens is 1. The second kappa shape index (κ2) is 8.60. The molecule has 164 valence electrons. The Morgan fingerprint density at radius 2 is 1.87 bits per heavy atom.